The molecule has 0 aliphatic heterocycles. The first-order chi connectivity index (χ1) is 12.9. The van der Waals surface area contributed by atoms with Crippen molar-refractivity contribution in [2.24, 2.45) is 0 Å². The summed E-state index contributed by atoms with van der Waals surface area (Å²) in [6, 6.07) is 14.5. The molecule has 0 bridgehead atoms. The van der Waals surface area contributed by atoms with Gasteiger partial charge in [-0.15, -0.1) is 0 Å². The van der Waals surface area contributed by atoms with Gasteiger partial charge in [-0.25, -0.2) is 4.39 Å². The minimum atomic E-state index is -0.378. The molecule has 0 aliphatic carbocycles. The number of hydrogen-bond donors (Lipinski definition) is 0. The second-order valence-corrected chi connectivity index (χ2v) is 6.83. The summed E-state index contributed by atoms with van der Waals surface area (Å²) in [4.78, 5) is 18.0. The lowest BCUT2D eigenvalue weighted by Gasteiger charge is -2.22. The molecule has 0 atom stereocenters. The fourth-order valence-corrected chi connectivity index (χ4v) is 2.57. The first-order valence-corrected chi connectivity index (χ1v) is 8.93. The maximum absolute atomic E-state index is 13.5. The summed E-state index contributed by atoms with van der Waals surface area (Å²) in [6.07, 6.45) is 0. The maximum Gasteiger partial charge on any atom is 0.236 e. The molecule has 0 aliphatic rings. The molecule has 0 saturated carbocycles. The predicted molar refractivity (Wildman–Crippen MR) is 107 cm³/mol. The molecule has 0 unspecified atom stereocenters. The molecule has 0 fully saturated rings. The average molecular weight is 373 g/mol. The minimum absolute atomic E-state index is 0.0278. The monoisotopic (exact) mass is 373 g/mol. The summed E-state index contributed by atoms with van der Waals surface area (Å²) in [6.45, 7) is 1.70. The number of anilines is 1. The number of benzene rings is 2. The maximum atomic E-state index is 13.5. The van der Waals surface area contributed by atoms with Gasteiger partial charge < -0.3 is 14.5 Å². The Morgan fingerprint density at radius 1 is 1.00 bits per heavy atom. The van der Waals surface area contributed by atoms with Crippen molar-refractivity contribution in [3.8, 4) is 5.75 Å². The molecular weight excluding hydrogens is 345 g/mol. The van der Waals surface area contributed by atoms with E-state index < -0.39 is 0 Å². The first-order valence-electron chi connectivity index (χ1n) is 8.93. The van der Waals surface area contributed by atoms with Crippen LogP contribution in [-0.4, -0.2) is 63.6 Å². The van der Waals surface area contributed by atoms with Crippen LogP contribution in [0.2, 0.25) is 0 Å². The topological polar surface area (TPSA) is 36.0 Å². The summed E-state index contributed by atoms with van der Waals surface area (Å²) >= 11 is 0. The lowest BCUT2D eigenvalue weighted by Crippen LogP contribution is -2.37. The van der Waals surface area contributed by atoms with Gasteiger partial charge in [0.05, 0.1) is 6.54 Å². The van der Waals surface area contributed by atoms with E-state index in [-0.39, 0.29) is 24.0 Å². The van der Waals surface area contributed by atoms with Crippen molar-refractivity contribution in [3.63, 3.8) is 0 Å². The molecule has 0 N–H and O–H groups in total. The van der Waals surface area contributed by atoms with Crippen LogP contribution >= 0.6 is 0 Å². The number of nitrogens with zero attached hydrogens (tertiary/aromatic N) is 3. The van der Waals surface area contributed by atoms with E-state index in [2.05, 4.69) is 0 Å². The number of hydrogen-bond acceptors (Lipinski definition) is 4. The fourth-order valence-electron chi connectivity index (χ4n) is 2.57. The number of ether oxygens (including phenoxy) is 1. The zero-order valence-corrected chi connectivity index (χ0v) is 16.5. The van der Waals surface area contributed by atoms with E-state index in [1.165, 1.54) is 6.07 Å². The van der Waals surface area contributed by atoms with Crippen molar-refractivity contribution in [1.82, 2.24) is 9.80 Å². The van der Waals surface area contributed by atoms with Crippen molar-refractivity contribution in [2.45, 2.75) is 6.54 Å². The minimum Gasteiger partial charge on any atom is -0.489 e. The molecule has 2 aromatic carbocycles. The SMILES string of the molecule is CN(CCOc1ccccc1F)CC(=O)N(C)Cc1ccc(N(C)C)cc1. The summed E-state index contributed by atoms with van der Waals surface area (Å²) < 4.78 is 18.9. The van der Waals surface area contributed by atoms with Crippen LogP contribution in [0.25, 0.3) is 0 Å². The third-order valence-corrected chi connectivity index (χ3v) is 4.27. The number of carbonyl (C=O) groups excluding carboxylic acids is 1. The highest BCUT2D eigenvalue weighted by Gasteiger charge is 2.12. The van der Waals surface area contributed by atoms with Crippen LogP contribution in [0.15, 0.2) is 48.5 Å². The van der Waals surface area contributed by atoms with Gasteiger partial charge in [0, 0.05) is 39.9 Å². The van der Waals surface area contributed by atoms with Crippen LogP contribution in [0, 0.1) is 5.82 Å². The predicted octanol–water partition coefficient (Wildman–Crippen LogP) is 2.86. The number of amides is 1. The van der Waals surface area contributed by atoms with Gasteiger partial charge in [-0.2, -0.15) is 0 Å². The quantitative estimate of drug-likeness (QED) is 0.677. The summed E-state index contributed by atoms with van der Waals surface area (Å²) in [5.41, 5.74) is 2.21. The first kappa shape index (κ1) is 20.7. The molecule has 6 heteroatoms. The molecule has 5 nitrogen and oxygen atoms in total. The van der Waals surface area contributed by atoms with Crippen LogP contribution in [0.4, 0.5) is 10.1 Å². The molecule has 0 heterocycles. The molecule has 0 radical (unpaired) electrons. The highest BCUT2D eigenvalue weighted by atomic mass is 19.1. The number of halogens is 1. The normalized spacial score (nSPS) is 10.7. The largest absolute Gasteiger partial charge is 0.489 e. The lowest BCUT2D eigenvalue weighted by atomic mass is 10.2. The van der Waals surface area contributed by atoms with Gasteiger partial charge >= 0.3 is 0 Å². The van der Waals surface area contributed by atoms with E-state index in [0.717, 1.165) is 11.3 Å². The summed E-state index contributed by atoms with van der Waals surface area (Å²) in [5.74, 6) is -0.119. The van der Waals surface area contributed by atoms with Gasteiger partial charge in [0.2, 0.25) is 5.91 Å². The van der Waals surface area contributed by atoms with Crippen molar-refractivity contribution in [3.05, 3.63) is 59.9 Å². The number of likely N-dealkylation sites (N-methyl/N-ethyl adjacent to an activating group) is 2. The van der Waals surface area contributed by atoms with Crippen molar-refractivity contribution >= 4 is 11.6 Å². The van der Waals surface area contributed by atoms with Gasteiger partial charge in [-0.1, -0.05) is 24.3 Å². The molecular formula is C21H28FN3O2. The number of rotatable bonds is 9. The standard InChI is InChI=1S/C21H28FN3O2/c1-23(2)18-11-9-17(10-12-18)15-25(4)21(26)16-24(3)13-14-27-20-8-6-5-7-19(20)22/h5-12H,13-16H2,1-4H3. The van der Waals surface area contributed by atoms with Gasteiger partial charge in [0.1, 0.15) is 6.61 Å². The van der Waals surface area contributed by atoms with Gasteiger partial charge in [-0.05, 0) is 36.9 Å². The third kappa shape index (κ3) is 6.57. The number of para-hydroxylation sites is 1. The second-order valence-electron chi connectivity index (χ2n) is 6.83. The molecule has 27 heavy (non-hydrogen) atoms. The average Bonchev–Trinajstić information content (AvgIpc) is 2.63. The Balaban J connectivity index is 1.75. The van der Waals surface area contributed by atoms with Crippen molar-refractivity contribution < 1.29 is 13.9 Å². The van der Waals surface area contributed by atoms with Gasteiger partial charge in [0.25, 0.3) is 0 Å². The molecule has 2 rings (SSSR count). The Labute approximate surface area is 160 Å². The van der Waals surface area contributed by atoms with Gasteiger partial charge in [0.15, 0.2) is 11.6 Å². The fraction of sp³-hybridized carbons (Fsp3) is 0.381. The Morgan fingerprint density at radius 3 is 2.30 bits per heavy atom. The highest BCUT2D eigenvalue weighted by Crippen LogP contribution is 2.15. The zero-order chi connectivity index (χ0) is 19.8. The smallest absolute Gasteiger partial charge is 0.236 e. The van der Waals surface area contributed by atoms with E-state index in [1.54, 1.807) is 30.1 Å². The second kappa shape index (κ2) is 9.92. The molecule has 0 spiro atoms. The summed E-state index contributed by atoms with van der Waals surface area (Å²) in [7, 11) is 7.64. The molecule has 0 aromatic heterocycles. The lowest BCUT2D eigenvalue weighted by molar-refractivity contribution is -0.131. The van der Waals surface area contributed by atoms with E-state index >= 15 is 0 Å². The highest BCUT2D eigenvalue weighted by molar-refractivity contribution is 5.78. The van der Waals surface area contributed by atoms with Gasteiger partial charge in [-0.3, -0.25) is 9.69 Å². The third-order valence-electron chi connectivity index (χ3n) is 4.27. The van der Waals surface area contributed by atoms with Crippen molar-refractivity contribution in [2.75, 3.05) is 52.8 Å². The van der Waals surface area contributed by atoms with Crippen LogP contribution in [0.5, 0.6) is 5.75 Å². The van der Waals surface area contributed by atoms with E-state index in [4.69, 9.17) is 4.74 Å². The molecule has 146 valence electrons. The number of carbonyl (C=O) groups is 1. The molecule has 0 saturated heterocycles. The Kier molecular flexibility index (Phi) is 7.61. The van der Waals surface area contributed by atoms with Crippen molar-refractivity contribution in [1.29, 1.82) is 0 Å². The van der Waals surface area contributed by atoms with E-state index in [1.807, 2.05) is 55.2 Å². The molecule has 1 amide bonds. The Bertz CT molecular complexity index is 734. The van der Waals surface area contributed by atoms with Crippen LogP contribution in [-0.2, 0) is 11.3 Å². The molecule has 2 aromatic rings. The van der Waals surface area contributed by atoms with E-state index in [9.17, 15) is 9.18 Å². The zero-order valence-electron chi connectivity index (χ0n) is 16.5. The van der Waals surface area contributed by atoms with Crippen LogP contribution in [0.3, 0.4) is 0 Å². The van der Waals surface area contributed by atoms with Crippen LogP contribution < -0.4 is 9.64 Å². The van der Waals surface area contributed by atoms with E-state index in [0.29, 0.717) is 19.7 Å². The van der Waals surface area contributed by atoms with Crippen LogP contribution in [0.1, 0.15) is 5.56 Å². The Hall–Kier alpha value is -2.60. The summed E-state index contributed by atoms with van der Waals surface area (Å²) in [5, 5.41) is 0. The Morgan fingerprint density at radius 2 is 1.67 bits per heavy atom.